The van der Waals surface area contributed by atoms with Crippen LogP contribution < -0.4 is 0 Å². The molecule has 0 bridgehead atoms. The molecule has 5 nitrogen and oxygen atoms in total. The lowest BCUT2D eigenvalue weighted by Gasteiger charge is -2.33. The van der Waals surface area contributed by atoms with Crippen molar-refractivity contribution >= 4 is 27.3 Å². The SMILES string of the molecule is Cc1ccc(S(=O)(=O)N2CCCC(C(=O)N(C)CCCc3ccccc3)C2)s1. The standard InChI is InChI=1S/C21H28N2O3S2/c1-17-12-13-20(27-17)28(25,26)23-15-7-11-19(16-23)21(24)22(2)14-6-10-18-8-4-3-5-9-18/h3-5,8-9,12-13,19H,6-7,10-11,14-16H2,1-2H3. The summed E-state index contributed by atoms with van der Waals surface area (Å²) in [4.78, 5) is 15.6. The summed E-state index contributed by atoms with van der Waals surface area (Å²) in [5, 5.41) is 0. The zero-order chi connectivity index (χ0) is 20.1. The Kier molecular flexibility index (Phi) is 6.91. The average Bonchev–Trinajstić information content (AvgIpc) is 3.15. The van der Waals surface area contributed by atoms with E-state index in [0.29, 0.717) is 17.3 Å². The second-order valence-corrected chi connectivity index (χ2v) is 10.9. The number of benzene rings is 1. The van der Waals surface area contributed by atoms with E-state index in [2.05, 4.69) is 12.1 Å². The van der Waals surface area contributed by atoms with Gasteiger partial charge in [-0.05, 0) is 50.3 Å². The van der Waals surface area contributed by atoms with Crippen molar-refractivity contribution in [2.75, 3.05) is 26.7 Å². The maximum atomic E-state index is 12.9. The Labute approximate surface area is 172 Å². The maximum absolute atomic E-state index is 12.9. The Balaban J connectivity index is 1.56. The summed E-state index contributed by atoms with van der Waals surface area (Å²) < 4.78 is 27.6. The predicted molar refractivity (Wildman–Crippen MR) is 113 cm³/mol. The first-order valence-electron chi connectivity index (χ1n) is 9.73. The number of thiophene rings is 1. The molecule has 1 atom stereocenters. The Morgan fingerprint density at radius 1 is 1.21 bits per heavy atom. The summed E-state index contributed by atoms with van der Waals surface area (Å²) in [6.45, 7) is 3.35. The van der Waals surface area contributed by atoms with Gasteiger partial charge in [0.1, 0.15) is 4.21 Å². The minimum atomic E-state index is -3.51. The fourth-order valence-electron chi connectivity index (χ4n) is 3.63. The Morgan fingerprint density at radius 3 is 2.64 bits per heavy atom. The van der Waals surface area contributed by atoms with Crippen LogP contribution in [0.15, 0.2) is 46.7 Å². The number of carbonyl (C=O) groups excluding carboxylic acids is 1. The summed E-state index contributed by atoms with van der Waals surface area (Å²) in [5.41, 5.74) is 1.27. The lowest BCUT2D eigenvalue weighted by molar-refractivity contribution is -0.135. The highest BCUT2D eigenvalue weighted by Gasteiger charge is 2.34. The molecule has 1 aliphatic heterocycles. The molecule has 2 heterocycles. The first-order chi connectivity index (χ1) is 13.4. The number of aryl methyl sites for hydroxylation is 2. The molecule has 1 fully saturated rings. The van der Waals surface area contributed by atoms with E-state index < -0.39 is 10.0 Å². The van der Waals surface area contributed by atoms with Gasteiger partial charge in [0, 0.05) is 31.6 Å². The van der Waals surface area contributed by atoms with Gasteiger partial charge in [-0.25, -0.2) is 8.42 Å². The molecule has 0 spiro atoms. The van der Waals surface area contributed by atoms with E-state index >= 15 is 0 Å². The van der Waals surface area contributed by atoms with Gasteiger partial charge in [0.05, 0.1) is 5.92 Å². The van der Waals surface area contributed by atoms with Crippen LogP contribution in [-0.2, 0) is 21.2 Å². The number of sulfonamides is 1. The number of carbonyl (C=O) groups is 1. The average molecular weight is 421 g/mol. The van der Waals surface area contributed by atoms with Crippen LogP contribution in [0, 0.1) is 12.8 Å². The first kappa shape index (κ1) is 21.0. The van der Waals surface area contributed by atoms with Gasteiger partial charge in [-0.1, -0.05) is 30.3 Å². The lowest BCUT2D eigenvalue weighted by atomic mass is 9.98. The number of piperidine rings is 1. The van der Waals surface area contributed by atoms with Crippen LogP contribution in [0.2, 0.25) is 0 Å². The zero-order valence-corrected chi connectivity index (χ0v) is 18.1. The van der Waals surface area contributed by atoms with Crippen LogP contribution >= 0.6 is 11.3 Å². The van der Waals surface area contributed by atoms with Crippen molar-refractivity contribution in [3.63, 3.8) is 0 Å². The third-order valence-corrected chi connectivity index (χ3v) is 8.55. The molecule has 3 rings (SSSR count). The first-order valence-corrected chi connectivity index (χ1v) is 12.0. The molecule has 28 heavy (non-hydrogen) atoms. The molecule has 2 aromatic rings. The van der Waals surface area contributed by atoms with Gasteiger partial charge in [0.25, 0.3) is 10.0 Å². The molecule has 0 aliphatic carbocycles. The third kappa shape index (κ3) is 5.01. The predicted octanol–water partition coefficient (Wildman–Crippen LogP) is 3.55. The summed E-state index contributed by atoms with van der Waals surface area (Å²) >= 11 is 1.29. The molecule has 1 aliphatic rings. The molecule has 1 saturated heterocycles. The molecule has 0 radical (unpaired) electrons. The number of hydrogen-bond donors (Lipinski definition) is 0. The van der Waals surface area contributed by atoms with Gasteiger partial charge >= 0.3 is 0 Å². The summed E-state index contributed by atoms with van der Waals surface area (Å²) in [5.74, 6) is -0.207. The number of rotatable bonds is 7. The molecular weight excluding hydrogens is 392 g/mol. The fourth-order valence-corrected chi connectivity index (χ4v) is 6.59. The minimum absolute atomic E-state index is 0.0512. The largest absolute Gasteiger partial charge is 0.345 e. The van der Waals surface area contributed by atoms with Gasteiger partial charge in [-0.3, -0.25) is 4.79 Å². The summed E-state index contributed by atoms with van der Waals surface area (Å²) in [6, 6.07) is 13.7. The van der Waals surface area contributed by atoms with Crippen LogP contribution in [0.25, 0.3) is 0 Å². The second kappa shape index (κ2) is 9.20. The van der Waals surface area contributed by atoms with Gasteiger partial charge in [0.2, 0.25) is 5.91 Å². The quantitative estimate of drug-likeness (QED) is 0.688. The highest BCUT2D eigenvalue weighted by Crippen LogP contribution is 2.28. The lowest BCUT2D eigenvalue weighted by Crippen LogP contribution is -2.45. The van der Waals surface area contributed by atoms with E-state index in [1.165, 1.54) is 21.2 Å². The van der Waals surface area contributed by atoms with E-state index in [9.17, 15) is 13.2 Å². The van der Waals surface area contributed by atoms with Crippen molar-refractivity contribution in [3.8, 4) is 0 Å². The number of nitrogens with zero attached hydrogens (tertiary/aromatic N) is 2. The molecule has 7 heteroatoms. The van der Waals surface area contributed by atoms with E-state index in [-0.39, 0.29) is 18.4 Å². The number of amides is 1. The Hall–Kier alpha value is -1.70. The van der Waals surface area contributed by atoms with Gasteiger partial charge < -0.3 is 4.90 Å². The monoisotopic (exact) mass is 420 g/mol. The van der Waals surface area contributed by atoms with Crippen LogP contribution in [0.1, 0.15) is 29.7 Å². The van der Waals surface area contributed by atoms with Crippen molar-refractivity contribution in [2.24, 2.45) is 5.92 Å². The molecule has 1 aromatic carbocycles. The van der Waals surface area contributed by atoms with Gasteiger partial charge in [-0.2, -0.15) is 4.31 Å². The van der Waals surface area contributed by atoms with Crippen LogP contribution in [-0.4, -0.2) is 50.2 Å². The summed E-state index contributed by atoms with van der Waals surface area (Å²) in [6.07, 6.45) is 3.30. The smallest absolute Gasteiger partial charge is 0.252 e. The Bertz CT molecular complexity index is 893. The van der Waals surface area contributed by atoms with Crippen molar-refractivity contribution < 1.29 is 13.2 Å². The summed E-state index contributed by atoms with van der Waals surface area (Å²) in [7, 11) is -1.68. The number of hydrogen-bond acceptors (Lipinski definition) is 4. The zero-order valence-electron chi connectivity index (χ0n) is 16.5. The van der Waals surface area contributed by atoms with Crippen LogP contribution in [0.3, 0.4) is 0 Å². The van der Waals surface area contributed by atoms with Crippen LogP contribution in [0.5, 0.6) is 0 Å². The van der Waals surface area contributed by atoms with E-state index in [1.54, 1.807) is 11.0 Å². The normalized spacial score (nSPS) is 18.1. The second-order valence-electron chi connectivity index (χ2n) is 7.42. The molecule has 1 amide bonds. The Morgan fingerprint density at radius 2 is 1.96 bits per heavy atom. The molecule has 152 valence electrons. The molecule has 0 N–H and O–H groups in total. The van der Waals surface area contributed by atoms with E-state index in [0.717, 1.165) is 30.6 Å². The molecular formula is C21H28N2O3S2. The topological polar surface area (TPSA) is 57.7 Å². The highest BCUT2D eigenvalue weighted by molar-refractivity contribution is 7.91. The van der Waals surface area contributed by atoms with Crippen molar-refractivity contribution in [1.82, 2.24) is 9.21 Å². The van der Waals surface area contributed by atoms with Gasteiger partial charge in [-0.15, -0.1) is 11.3 Å². The minimum Gasteiger partial charge on any atom is -0.345 e. The van der Waals surface area contributed by atoms with Crippen LogP contribution in [0.4, 0.5) is 0 Å². The maximum Gasteiger partial charge on any atom is 0.252 e. The van der Waals surface area contributed by atoms with Crippen molar-refractivity contribution in [2.45, 2.75) is 36.8 Å². The molecule has 1 unspecified atom stereocenters. The van der Waals surface area contributed by atoms with E-state index in [4.69, 9.17) is 0 Å². The van der Waals surface area contributed by atoms with Crippen molar-refractivity contribution in [1.29, 1.82) is 0 Å². The molecule has 1 aromatic heterocycles. The highest BCUT2D eigenvalue weighted by atomic mass is 32.2. The molecule has 0 saturated carbocycles. The fraction of sp³-hybridized carbons (Fsp3) is 0.476. The van der Waals surface area contributed by atoms with E-state index in [1.807, 2.05) is 38.2 Å². The van der Waals surface area contributed by atoms with Gasteiger partial charge in [0.15, 0.2) is 0 Å². The van der Waals surface area contributed by atoms with Crippen molar-refractivity contribution in [3.05, 3.63) is 52.9 Å². The third-order valence-electron chi connectivity index (χ3n) is 5.22.